The predicted molar refractivity (Wildman–Crippen MR) is 64.1 cm³/mol. The normalized spacial score (nSPS) is 16.2. The van der Waals surface area contributed by atoms with Crippen molar-refractivity contribution in [1.82, 2.24) is 4.90 Å². The molecule has 0 N–H and O–H groups in total. The maximum Gasteiger partial charge on any atom is 0.264 e. The largest absolute Gasteiger partial charge is 0.378 e. The molecule has 2 rings (SSSR count). The van der Waals surface area contributed by atoms with Gasteiger partial charge >= 0.3 is 0 Å². The molecule has 0 aromatic carbocycles. The lowest BCUT2D eigenvalue weighted by molar-refractivity contribution is 0.0306. The minimum absolute atomic E-state index is 0.0258. The average Bonchev–Trinajstić information content (AvgIpc) is 2.71. The van der Waals surface area contributed by atoms with Crippen LogP contribution in [0.15, 0.2) is 10.5 Å². The molecule has 1 fully saturated rings. The van der Waals surface area contributed by atoms with E-state index in [1.165, 1.54) is 11.3 Å². The fourth-order valence-corrected chi connectivity index (χ4v) is 3.04. The molecule has 6 heteroatoms. The van der Waals surface area contributed by atoms with Crippen LogP contribution in [0.3, 0.4) is 0 Å². The van der Waals surface area contributed by atoms with Crippen molar-refractivity contribution in [3.05, 3.63) is 20.3 Å². The zero-order chi connectivity index (χ0) is 11.5. The highest BCUT2D eigenvalue weighted by molar-refractivity contribution is 9.10. The molecule has 1 amide bonds. The summed E-state index contributed by atoms with van der Waals surface area (Å²) in [6.45, 7) is 2.40. The lowest BCUT2D eigenvalue weighted by Crippen LogP contribution is -2.40. The molecule has 1 aromatic heterocycles. The minimum Gasteiger partial charge on any atom is -0.378 e. The second-order valence-electron chi connectivity index (χ2n) is 3.35. The Hall–Kier alpha value is -0.720. The molecular formula is C10H10BrNO3S. The van der Waals surface area contributed by atoms with E-state index in [2.05, 4.69) is 15.9 Å². The fraction of sp³-hybridized carbons (Fsp3) is 0.400. The zero-order valence-corrected chi connectivity index (χ0v) is 10.8. The molecule has 2 heterocycles. The number of thiophene rings is 1. The third-order valence-electron chi connectivity index (χ3n) is 2.33. The minimum atomic E-state index is -0.0258. The Balaban J connectivity index is 2.16. The number of rotatable bonds is 2. The Kier molecular flexibility index (Phi) is 3.73. The highest BCUT2D eigenvalue weighted by Crippen LogP contribution is 2.27. The number of amides is 1. The molecule has 0 atom stereocenters. The first kappa shape index (κ1) is 11.8. The standard InChI is InChI=1S/C10H10BrNO3S/c11-7-5-8(16-9(7)6-13)10(14)12-1-3-15-4-2-12/h5-6H,1-4H2. The van der Waals surface area contributed by atoms with Crippen LogP contribution < -0.4 is 0 Å². The second-order valence-corrected chi connectivity index (χ2v) is 5.28. The molecule has 86 valence electrons. The van der Waals surface area contributed by atoms with Crippen LogP contribution in [0, 0.1) is 0 Å². The van der Waals surface area contributed by atoms with Crippen LogP contribution in [0.5, 0.6) is 0 Å². The first-order valence-corrected chi connectivity index (χ1v) is 6.45. The SMILES string of the molecule is O=Cc1sc(C(=O)N2CCOCC2)cc1Br. The van der Waals surface area contributed by atoms with Gasteiger partial charge in [0.05, 0.1) is 23.0 Å². The molecule has 1 saturated heterocycles. The molecule has 16 heavy (non-hydrogen) atoms. The summed E-state index contributed by atoms with van der Waals surface area (Å²) in [6.07, 6.45) is 0.755. The Bertz CT molecular complexity index is 412. The summed E-state index contributed by atoms with van der Waals surface area (Å²) in [5, 5.41) is 0. The lowest BCUT2D eigenvalue weighted by Gasteiger charge is -2.26. The van der Waals surface area contributed by atoms with Gasteiger partial charge in [-0.15, -0.1) is 11.3 Å². The number of morpholine rings is 1. The molecule has 1 aromatic rings. The van der Waals surface area contributed by atoms with Crippen molar-refractivity contribution in [1.29, 1.82) is 0 Å². The average molecular weight is 304 g/mol. The number of aldehydes is 1. The topological polar surface area (TPSA) is 46.6 Å². The maximum absolute atomic E-state index is 12.0. The van der Waals surface area contributed by atoms with E-state index < -0.39 is 0 Å². The van der Waals surface area contributed by atoms with E-state index in [0.717, 1.165) is 6.29 Å². The molecule has 0 aliphatic carbocycles. The number of halogens is 1. The summed E-state index contributed by atoms with van der Waals surface area (Å²) >= 11 is 4.47. The molecule has 0 bridgehead atoms. The molecular weight excluding hydrogens is 294 g/mol. The summed E-state index contributed by atoms with van der Waals surface area (Å²) in [5.74, 6) is -0.0258. The van der Waals surface area contributed by atoms with Crippen molar-refractivity contribution in [3.8, 4) is 0 Å². The van der Waals surface area contributed by atoms with Gasteiger partial charge in [0.15, 0.2) is 6.29 Å². The van der Waals surface area contributed by atoms with E-state index in [1.807, 2.05) is 0 Å². The van der Waals surface area contributed by atoms with Crippen molar-refractivity contribution < 1.29 is 14.3 Å². The monoisotopic (exact) mass is 303 g/mol. The fourth-order valence-electron chi connectivity index (χ4n) is 1.49. The molecule has 0 saturated carbocycles. The lowest BCUT2D eigenvalue weighted by atomic mass is 10.3. The molecule has 1 aliphatic rings. The van der Waals surface area contributed by atoms with Crippen molar-refractivity contribution in [2.45, 2.75) is 0 Å². The van der Waals surface area contributed by atoms with Gasteiger partial charge in [-0.2, -0.15) is 0 Å². The number of carbonyl (C=O) groups excluding carboxylic acids is 2. The second kappa shape index (κ2) is 5.07. The van der Waals surface area contributed by atoms with E-state index in [1.54, 1.807) is 11.0 Å². The number of hydrogen-bond acceptors (Lipinski definition) is 4. The summed E-state index contributed by atoms with van der Waals surface area (Å²) in [6, 6.07) is 1.70. The van der Waals surface area contributed by atoms with Crippen LogP contribution in [0.2, 0.25) is 0 Å². The van der Waals surface area contributed by atoms with Crippen LogP contribution in [-0.2, 0) is 4.74 Å². The van der Waals surface area contributed by atoms with E-state index in [-0.39, 0.29) is 5.91 Å². The van der Waals surface area contributed by atoms with Crippen molar-refractivity contribution in [2.75, 3.05) is 26.3 Å². The van der Waals surface area contributed by atoms with Crippen molar-refractivity contribution >= 4 is 39.5 Å². The van der Waals surface area contributed by atoms with Gasteiger partial charge in [-0.25, -0.2) is 0 Å². The van der Waals surface area contributed by atoms with Gasteiger partial charge in [0, 0.05) is 17.6 Å². The van der Waals surface area contributed by atoms with Gasteiger partial charge in [-0.3, -0.25) is 9.59 Å². The van der Waals surface area contributed by atoms with E-state index in [4.69, 9.17) is 4.74 Å². The van der Waals surface area contributed by atoms with Gasteiger partial charge < -0.3 is 9.64 Å². The Morgan fingerprint density at radius 2 is 2.19 bits per heavy atom. The molecule has 4 nitrogen and oxygen atoms in total. The van der Waals surface area contributed by atoms with Crippen LogP contribution in [0.25, 0.3) is 0 Å². The zero-order valence-electron chi connectivity index (χ0n) is 8.44. The van der Waals surface area contributed by atoms with Crippen molar-refractivity contribution in [3.63, 3.8) is 0 Å². The first-order valence-electron chi connectivity index (χ1n) is 4.84. The van der Waals surface area contributed by atoms with Gasteiger partial charge in [-0.1, -0.05) is 0 Å². The Morgan fingerprint density at radius 3 is 2.75 bits per heavy atom. The Labute approximate surface area is 105 Å². The van der Waals surface area contributed by atoms with Crippen molar-refractivity contribution in [2.24, 2.45) is 0 Å². The summed E-state index contributed by atoms with van der Waals surface area (Å²) in [5.41, 5.74) is 0. The van der Waals surface area contributed by atoms with E-state index in [9.17, 15) is 9.59 Å². The van der Waals surface area contributed by atoms with Crippen LogP contribution in [0.1, 0.15) is 19.3 Å². The predicted octanol–water partition coefficient (Wildman–Crippen LogP) is 1.80. The van der Waals surface area contributed by atoms with Gasteiger partial charge in [0.25, 0.3) is 5.91 Å². The summed E-state index contributed by atoms with van der Waals surface area (Å²) in [7, 11) is 0. The highest BCUT2D eigenvalue weighted by atomic mass is 79.9. The van der Waals surface area contributed by atoms with Gasteiger partial charge in [0.2, 0.25) is 0 Å². The summed E-state index contributed by atoms with van der Waals surface area (Å²) in [4.78, 5) is 25.6. The summed E-state index contributed by atoms with van der Waals surface area (Å²) < 4.78 is 5.86. The molecule has 0 spiro atoms. The van der Waals surface area contributed by atoms with Crippen LogP contribution in [0.4, 0.5) is 0 Å². The highest BCUT2D eigenvalue weighted by Gasteiger charge is 2.21. The molecule has 1 aliphatic heterocycles. The maximum atomic E-state index is 12.0. The van der Waals surface area contributed by atoms with Gasteiger partial charge in [-0.05, 0) is 22.0 Å². The number of nitrogens with zero attached hydrogens (tertiary/aromatic N) is 1. The van der Waals surface area contributed by atoms with E-state index >= 15 is 0 Å². The quantitative estimate of drug-likeness (QED) is 0.783. The molecule has 0 unspecified atom stereocenters. The van der Waals surface area contributed by atoms with Gasteiger partial charge in [0.1, 0.15) is 0 Å². The number of carbonyl (C=O) groups is 2. The number of ether oxygens (including phenoxy) is 1. The third kappa shape index (κ3) is 2.34. The smallest absolute Gasteiger partial charge is 0.264 e. The Morgan fingerprint density at radius 1 is 1.50 bits per heavy atom. The first-order chi connectivity index (χ1) is 7.72. The van der Waals surface area contributed by atoms with E-state index in [0.29, 0.717) is 40.5 Å². The van der Waals surface area contributed by atoms with Crippen LogP contribution >= 0.6 is 27.3 Å². The number of hydrogen-bond donors (Lipinski definition) is 0. The molecule has 0 radical (unpaired) electrons. The third-order valence-corrected chi connectivity index (χ3v) is 4.30. The van der Waals surface area contributed by atoms with Crippen LogP contribution in [-0.4, -0.2) is 43.4 Å².